The highest BCUT2D eigenvalue weighted by molar-refractivity contribution is 7.99. The van der Waals surface area contributed by atoms with Crippen LogP contribution in [0.15, 0.2) is 48.5 Å². The van der Waals surface area contributed by atoms with Crippen molar-refractivity contribution in [3.8, 4) is 5.75 Å². The summed E-state index contributed by atoms with van der Waals surface area (Å²) in [4.78, 5) is 27.9. The first kappa shape index (κ1) is 26.1. The third-order valence-corrected chi connectivity index (χ3v) is 6.21. The Morgan fingerprint density at radius 1 is 1.12 bits per heavy atom. The van der Waals surface area contributed by atoms with Crippen LogP contribution >= 0.6 is 23.4 Å². The maximum absolute atomic E-state index is 13.3. The van der Waals surface area contributed by atoms with Crippen LogP contribution in [0.4, 0.5) is 0 Å². The van der Waals surface area contributed by atoms with Gasteiger partial charge in [-0.25, -0.2) is 0 Å². The van der Waals surface area contributed by atoms with Gasteiger partial charge in [0.15, 0.2) is 0 Å². The van der Waals surface area contributed by atoms with Gasteiger partial charge in [-0.2, -0.15) is 0 Å². The SMILES string of the molecule is CCC(C(=O)NCC(C)C)N(Cc1cccc(OC)c1)C(=O)CSCc1ccc(Cl)cc1. The fourth-order valence-corrected chi connectivity index (χ4v) is 4.23. The Hall–Kier alpha value is -2.18. The summed E-state index contributed by atoms with van der Waals surface area (Å²) in [5.74, 6) is 1.89. The van der Waals surface area contributed by atoms with Gasteiger partial charge in [0, 0.05) is 23.9 Å². The smallest absolute Gasteiger partial charge is 0.242 e. The van der Waals surface area contributed by atoms with E-state index in [0.29, 0.717) is 42.0 Å². The molecule has 5 nitrogen and oxygen atoms in total. The number of amides is 2. The number of rotatable bonds is 12. The van der Waals surface area contributed by atoms with Crippen LogP contribution in [0.25, 0.3) is 0 Å². The molecule has 32 heavy (non-hydrogen) atoms. The monoisotopic (exact) mass is 476 g/mol. The zero-order valence-corrected chi connectivity index (χ0v) is 20.8. The van der Waals surface area contributed by atoms with Crippen LogP contribution in [0, 0.1) is 5.92 Å². The molecule has 1 N–H and O–H groups in total. The van der Waals surface area contributed by atoms with Gasteiger partial charge >= 0.3 is 0 Å². The van der Waals surface area contributed by atoms with Gasteiger partial charge in [-0.05, 0) is 47.7 Å². The predicted octanol–water partition coefficient (Wildman–Crippen LogP) is 5.16. The normalized spacial score (nSPS) is 11.8. The van der Waals surface area contributed by atoms with Crippen molar-refractivity contribution in [2.75, 3.05) is 19.4 Å². The highest BCUT2D eigenvalue weighted by atomic mass is 35.5. The van der Waals surface area contributed by atoms with E-state index in [1.165, 1.54) is 11.8 Å². The molecule has 0 aromatic heterocycles. The second-order valence-corrected chi connectivity index (χ2v) is 9.48. The van der Waals surface area contributed by atoms with Crippen molar-refractivity contribution in [2.24, 2.45) is 5.92 Å². The summed E-state index contributed by atoms with van der Waals surface area (Å²) in [6.45, 7) is 6.97. The van der Waals surface area contributed by atoms with Crippen LogP contribution in [-0.4, -0.2) is 42.2 Å². The van der Waals surface area contributed by atoms with Crippen LogP contribution < -0.4 is 10.1 Å². The number of hydrogen-bond donors (Lipinski definition) is 1. The van der Waals surface area contributed by atoms with Crippen molar-refractivity contribution in [2.45, 2.75) is 45.5 Å². The molecule has 0 aliphatic rings. The molecule has 0 saturated heterocycles. The van der Waals surface area contributed by atoms with E-state index < -0.39 is 6.04 Å². The second-order valence-electron chi connectivity index (χ2n) is 8.06. The molecule has 2 aromatic carbocycles. The van der Waals surface area contributed by atoms with Gasteiger partial charge in [-0.1, -0.05) is 56.6 Å². The molecule has 0 bridgehead atoms. The number of nitrogens with zero attached hydrogens (tertiary/aromatic N) is 1. The molecular weight excluding hydrogens is 444 g/mol. The van der Waals surface area contributed by atoms with E-state index in [1.54, 1.807) is 12.0 Å². The van der Waals surface area contributed by atoms with E-state index >= 15 is 0 Å². The number of carbonyl (C=O) groups is 2. The number of benzene rings is 2. The largest absolute Gasteiger partial charge is 0.497 e. The van der Waals surface area contributed by atoms with E-state index in [0.717, 1.165) is 16.9 Å². The van der Waals surface area contributed by atoms with Crippen molar-refractivity contribution >= 4 is 35.2 Å². The first-order chi connectivity index (χ1) is 15.3. The van der Waals surface area contributed by atoms with Crippen LogP contribution in [0.5, 0.6) is 5.75 Å². The Bertz CT molecular complexity index is 874. The zero-order chi connectivity index (χ0) is 23.5. The highest BCUT2D eigenvalue weighted by Crippen LogP contribution is 2.20. The predicted molar refractivity (Wildman–Crippen MR) is 133 cm³/mol. The lowest BCUT2D eigenvalue weighted by atomic mass is 10.1. The van der Waals surface area contributed by atoms with Crippen LogP contribution in [0.2, 0.25) is 5.02 Å². The standard InChI is InChI=1S/C25H33ClN2O3S/c1-5-23(25(30)27-14-18(2)3)28(15-20-7-6-8-22(13-20)31-4)24(29)17-32-16-19-9-11-21(26)12-10-19/h6-13,18,23H,5,14-17H2,1-4H3,(H,27,30). The topological polar surface area (TPSA) is 58.6 Å². The average molecular weight is 477 g/mol. The van der Waals surface area contributed by atoms with Crippen LogP contribution in [-0.2, 0) is 21.9 Å². The van der Waals surface area contributed by atoms with Gasteiger partial charge < -0.3 is 15.0 Å². The number of carbonyl (C=O) groups excluding carboxylic acids is 2. The minimum atomic E-state index is -0.524. The molecule has 174 valence electrons. The number of halogens is 1. The first-order valence-electron chi connectivity index (χ1n) is 10.9. The zero-order valence-electron chi connectivity index (χ0n) is 19.3. The molecule has 0 saturated carbocycles. The van der Waals surface area contributed by atoms with Gasteiger partial charge in [-0.15, -0.1) is 11.8 Å². The first-order valence-corrected chi connectivity index (χ1v) is 12.4. The fraction of sp³-hybridized carbons (Fsp3) is 0.440. The maximum Gasteiger partial charge on any atom is 0.242 e. The third kappa shape index (κ3) is 8.40. The molecule has 2 amide bonds. The Morgan fingerprint density at radius 3 is 2.47 bits per heavy atom. The maximum atomic E-state index is 13.3. The van der Waals surface area contributed by atoms with Gasteiger partial charge in [0.05, 0.1) is 12.9 Å². The van der Waals surface area contributed by atoms with Gasteiger partial charge in [0.25, 0.3) is 0 Å². The molecule has 0 aliphatic carbocycles. The summed E-state index contributed by atoms with van der Waals surface area (Å²) >= 11 is 7.48. The molecule has 0 radical (unpaired) electrons. The Kier molecular flexibility index (Phi) is 10.9. The molecule has 1 atom stereocenters. The Balaban J connectivity index is 2.13. The van der Waals surface area contributed by atoms with E-state index in [2.05, 4.69) is 5.32 Å². The lowest BCUT2D eigenvalue weighted by Gasteiger charge is -2.31. The van der Waals surface area contributed by atoms with E-state index in [-0.39, 0.29) is 11.8 Å². The molecular formula is C25H33ClN2O3S. The van der Waals surface area contributed by atoms with Crippen molar-refractivity contribution in [1.29, 1.82) is 0 Å². The third-order valence-electron chi connectivity index (χ3n) is 4.97. The van der Waals surface area contributed by atoms with Gasteiger partial charge in [-0.3, -0.25) is 9.59 Å². The molecule has 1 unspecified atom stereocenters. The quantitative estimate of drug-likeness (QED) is 0.459. The lowest BCUT2D eigenvalue weighted by molar-refractivity contribution is -0.139. The van der Waals surface area contributed by atoms with Crippen LogP contribution in [0.3, 0.4) is 0 Å². The summed E-state index contributed by atoms with van der Waals surface area (Å²) in [5, 5.41) is 3.68. The van der Waals surface area contributed by atoms with Gasteiger partial charge in [0.2, 0.25) is 11.8 Å². The minimum absolute atomic E-state index is 0.0571. The highest BCUT2D eigenvalue weighted by Gasteiger charge is 2.28. The summed E-state index contributed by atoms with van der Waals surface area (Å²) in [6.07, 6.45) is 0.543. The van der Waals surface area contributed by atoms with Crippen molar-refractivity contribution in [3.63, 3.8) is 0 Å². The van der Waals surface area contributed by atoms with E-state index in [9.17, 15) is 9.59 Å². The number of methoxy groups -OCH3 is 1. The summed E-state index contributed by atoms with van der Waals surface area (Å²) in [6, 6.07) is 14.7. The van der Waals surface area contributed by atoms with Crippen molar-refractivity contribution < 1.29 is 14.3 Å². The molecule has 0 fully saturated rings. The number of nitrogens with one attached hydrogen (secondary N) is 1. The lowest BCUT2D eigenvalue weighted by Crippen LogP contribution is -2.50. The summed E-state index contributed by atoms with van der Waals surface area (Å²) in [7, 11) is 1.61. The Labute approximate surface area is 200 Å². The molecule has 2 aromatic rings. The summed E-state index contributed by atoms with van der Waals surface area (Å²) in [5.41, 5.74) is 2.03. The Morgan fingerprint density at radius 2 is 1.84 bits per heavy atom. The van der Waals surface area contributed by atoms with Crippen molar-refractivity contribution in [3.05, 3.63) is 64.7 Å². The van der Waals surface area contributed by atoms with E-state index in [1.807, 2.05) is 69.3 Å². The molecule has 0 aliphatic heterocycles. The summed E-state index contributed by atoms with van der Waals surface area (Å²) < 4.78 is 5.32. The molecule has 0 heterocycles. The fourth-order valence-electron chi connectivity index (χ4n) is 3.23. The number of ether oxygens (including phenoxy) is 1. The average Bonchev–Trinajstić information content (AvgIpc) is 2.78. The number of hydrogen-bond acceptors (Lipinski definition) is 4. The molecule has 0 spiro atoms. The van der Waals surface area contributed by atoms with E-state index in [4.69, 9.17) is 16.3 Å². The molecule has 7 heteroatoms. The van der Waals surface area contributed by atoms with Crippen LogP contribution in [0.1, 0.15) is 38.3 Å². The number of thioether (sulfide) groups is 1. The molecule has 2 rings (SSSR count). The minimum Gasteiger partial charge on any atom is -0.497 e. The second kappa shape index (κ2) is 13.4. The van der Waals surface area contributed by atoms with Gasteiger partial charge in [0.1, 0.15) is 11.8 Å². The van der Waals surface area contributed by atoms with Crippen molar-refractivity contribution in [1.82, 2.24) is 10.2 Å².